The lowest BCUT2D eigenvalue weighted by molar-refractivity contribution is -0.143. The molecule has 9 nitrogen and oxygen atoms in total. The van der Waals surface area contributed by atoms with E-state index in [-0.39, 0.29) is 30.3 Å². The van der Waals surface area contributed by atoms with Gasteiger partial charge in [-0.05, 0) is 60.9 Å². The molecule has 3 rings (SSSR count). The molecule has 0 saturated heterocycles. The Morgan fingerprint density at radius 1 is 0.738 bits per heavy atom. The molecular formula is C33H48O9. The van der Waals surface area contributed by atoms with Gasteiger partial charge >= 0.3 is 5.97 Å². The SMILES string of the molecule is CCCOC[C@H]1Cc2cc(OC)c(OCCC)c(OC)c2[C@@H](c2cc(OC)c(OCCC)c(OC)c2)[C@@H]1COC(C)=O. The Kier molecular flexibility index (Phi) is 12.9. The van der Waals surface area contributed by atoms with E-state index in [0.717, 1.165) is 36.0 Å². The first-order valence-corrected chi connectivity index (χ1v) is 14.9. The van der Waals surface area contributed by atoms with E-state index in [0.29, 0.717) is 67.3 Å². The largest absolute Gasteiger partial charge is 0.493 e. The second kappa shape index (κ2) is 16.3. The minimum Gasteiger partial charge on any atom is -0.493 e. The van der Waals surface area contributed by atoms with E-state index in [4.69, 9.17) is 37.9 Å². The van der Waals surface area contributed by atoms with Gasteiger partial charge in [0.25, 0.3) is 0 Å². The number of benzene rings is 2. The van der Waals surface area contributed by atoms with Gasteiger partial charge in [0.05, 0.1) is 54.9 Å². The van der Waals surface area contributed by atoms with Crippen LogP contribution in [0.15, 0.2) is 18.2 Å². The summed E-state index contributed by atoms with van der Waals surface area (Å²) >= 11 is 0. The Labute approximate surface area is 250 Å². The fourth-order valence-electron chi connectivity index (χ4n) is 5.65. The van der Waals surface area contributed by atoms with E-state index in [2.05, 4.69) is 13.8 Å². The Morgan fingerprint density at radius 3 is 1.83 bits per heavy atom. The molecule has 0 amide bonds. The molecule has 0 heterocycles. The van der Waals surface area contributed by atoms with E-state index in [1.807, 2.05) is 25.1 Å². The zero-order valence-electron chi connectivity index (χ0n) is 26.5. The van der Waals surface area contributed by atoms with E-state index in [1.54, 1.807) is 28.4 Å². The molecule has 9 heteroatoms. The van der Waals surface area contributed by atoms with Crippen LogP contribution >= 0.6 is 0 Å². The number of esters is 1. The van der Waals surface area contributed by atoms with Crippen molar-refractivity contribution in [3.63, 3.8) is 0 Å². The second-order valence-electron chi connectivity index (χ2n) is 10.4. The predicted octanol–water partition coefficient (Wildman–Crippen LogP) is 6.21. The van der Waals surface area contributed by atoms with Crippen molar-refractivity contribution in [2.24, 2.45) is 11.8 Å². The van der Waals surface area contributed by atoms with Gasteiger partial charge in [-0.25, -0.2) is 0 Å². The Morgan fingerprint density at radius 2 is 1.31 bits per heavy atom. The van der Waals surface area contributed by atoms with Gasteiger partial charge in [-0.15, -0.1) is 0 Å². The van der Waals surface area contributed by atoms with Gasteiger partial charge in [0.15, 0.2) is 23.0 Å². The normalized spacial score (nSPS) is 17.7. The maximum absolute atomic E-state index is 12.1. The fraction of sp³-hybridized carbons (Fsp3) is 0.606. The summed E-state index contributed by atoms with van der Waals surface area (Å²) in [4.78, 5) is 12.1. The monoisotopic (exact) mass is 588 g/mol. The van der Waals surface area contributed by atoms with Gasteiger partial charge in [0, 0.05) is 30.9 Å². The zero-order valence-corrected chi connectivity index (χ0v) is 26.5. The van der Waals surface area contributed by atoms with Crippen LogP contribution < -0.4 is 28.4 Å². The number of carbonyl (C=O) groups is 1. The predicted molar refractivity (Wildman–Crippen MR) is 161 cm³/mol. The van der Waals surface area contributed by atoms with Gasteiger partial charge in [-0.1, -0.05) is 20.8 Å². The van der Waals surface area contributed by atoms with Crippen molar-refractivity contribution >= 4 is 5.97 Å². The third kappa shape index (κ3) is 7.54. The molecule has 0 spiro atoms. The Hall–Kier alpha value is -3.33. The van der Waals surface area contributed by atoms with Crippen LogP contribution in [-0.4, -0.2) is 67.4 Å². The molecule has 0 fully saturated rings. The van der Waals surface area contributed by atoms with Crippen molar-refractivity contribution in [2.45, 2.75) is 59.3 Å². The molecule has 3 atom stereocenters. The van der Waals surface area contributed by atoms with Crippen molar-refractivity contribution in [3.8, 4) is 34.5 Å². The lowest BCUT2D eigenvalue weighted by Gasteiger charge is -2.41. The number of hydrogen-bond donors (Lipinski definition) is 0. The Bertz CT molecular complexity index is 1140. The van der Waals surface area contributed by atoms with Crippen LogP contribution in [0.5, 0.6) is 34.5 Å². The van der Waals surface area contributed by atoms with Gasteiger partial charge in [0.2, 0.25) is 11.5 Å². The molecule has 234 valence electrons. The second-order valence-corrected chi connectivity index (χ2v) is 10.4. The number of methoxy groups -OCH3 is 4. The van der Waals surface area contributed by atoms with Crippen LogP contribution in [0, 0.1) is 11.8 Å². The van der Waals surface area contributed by atoms with Crippen molar-refractivity contribution in [1.29, 1.82) is 0 Å². The van der Waals surface area contributed by atoms with Crippen LogP contribution in [0.25, 0.3) is 0 Å². The molecular weight excluding hydrogens is 540 g/mol. The topological polar surface area (TPSA) is 90.9 Å². The first-order chi connectivity index (χ1) is 20.4. The number of carbonyl (C=O) groups excluding carboxylic acids is 1. The van der Waals surface area contributed by atoms with Gasteiger partial charge < -0.3 is 37.9 Å². The summed E-state index contributed by atoms with van der Waals surface area (Å²) in [6.07, 6.45) is 3.27. The molecule has 0 N–H and O–H groups in total. The smallest absolute Gasteiger partial charge is 0.302 e. The third-order valence-electron chi connectivity index (χ3n) is 7.48. The van der Waals surface area contributed by atoms with E-state index >= 15 is 0 Å². The summed E-state index contributed by atoms with van der Waals surface area (Å²) in [5, 5.41) is 0. The van der Waals surface area contributed by atoms with E-state index in [9.17, 15) is 4.79 Å². The molecule has 0 radical (unpaired) electrons. The van der Waals surface area contributed by atoms with Gasteiger partial charge in [-0.2, -0.15) is 0 Å². The van der Waals surface area contributed by atoms with Crippen LogP contribution in [-0.2, 0) is 20.7 Å². The summed E-state index contributed by atoms with van der Waals surface area (Å²) in [7, 11) is 6.51. The van der Waals surface area contributed by atoms with Crippen molar-refractivity contribution in [3.05, 3.63) is 34.9 Å². The average Bonchev–Trinajstić information content (AvgIpc) is 3.00. The van der Waals surface area contributed by atoms with Crippen LogP contribution in [0.1, 0.15) is 69.6 Å². The quantitative estimate of drug-likeness (QED) is 0.158. The van der Waals surface area contributed by atoms with Crippen LogP contribution in [0.4, 0.5) is 0 Å². The highest BCUT2D eigenvalue weighted by molar-refractivity contribution is 5.66. The fourth-order valence-corrected chi connectivity index (χ4v) is 5.65. The highest BCUT2D eigenvalue weighted by Crippen LogP contribution is 2.55. The number of rotatable bonds is 17. The first-order valence-electron chi connectivity index (χ1n) is 14.9. The van der Waals surface area contributed by atoms with Crippen LogP contribution in [0.2, 0.25) is 0 Å². The van der Waals surface area contributed by atoms with Crippen LogP contribution in [0.3, 0.4) is 0 Å². The molecule has 2 aromatic carbocycles. The molecule has 1 aliphatic carbocycles. The minimum absolute atomic E-state index is 0.0400. The summed E-state index contributed by atoms with van der Waals surface area (Å²) in [6.45, 7) is 10.0. The maximum atomic E-state index is 12.1. The molecule has 0 aromatic heterocycles. The Balaban J connectivity index is 2.34. The molecule has 2 aromatic rings. The van der Waals surface area contributed by atoms with Gasteiger partial charge in [0.1, 0.15) is 0 Å². The maximum Gasteiger partial charge on any atom is 0.302 e. The third-order valence-corrected chi connectivity index (χ3v) is 7.48. The number of hydrogen-bond acceptors (Lipinski definition) is 9. The molecule has 0 aliphatic heterocycles. The van der Waals surface area contributed by atoms with Crippen molar-refractivity contribution in [1.82, 2.24) is 0 Å². The van der Waals surface area contributed by atoms with Gasteiger partial charge in [-0.3, -0.25) is 4.79 Å². The van der Waals surface area contributed by atoms with E-state index in [1.165, 1.54) is 6.92 Å². The highest BCUT2D eigenvalue weighted by Gasteiger charge is 2.43. The lowest BCUT2D eigenvalue weighted by Crippen LogP contribution is -2.37. The minimum atomic E-state index is -0.333. The van der Waals surface area contributed by atoms with E-state index < -0.39 is 0 Å². The summed E-state index contributed by atoms with van der Waals surface area (Å²) in [5.41, 5.74) is 2.93. The summed E-state index contributed by atoms with van der Waals surface area (Å²) in [5.74, 6) is 2.73. The molecule has 0 saturated carbocycles. The molecule has 0 unspecified atom stereocenters. The lowest BCUT2D eigenvalue weighted by atomic mass is 9.66. The van der Waals surface area contributed by atoms with Crippen molar-refractivity contribution < 1.29 is 42.7 Å². The molecule has 42 heavy (non-hydrogen) atoms. The zero-order chi connectivity index (χ0) is 30.6. The standard InChI is InChI=1S/C33H48O9/c1-9-12-39-19-24-15-22-16-28(37-7)32(41-14-11-3)33(38-8)30(22)29(25(24)20-42-21(4)34)23-17-26(35-5)31(40-13-10-2)27(18-23)36-6/h16-18,24-25,29H,9-15,19-20H2,1-8H3/t24-,25-,29+/m1/s1. The first kappa shape index (κ1) is 33.2. The highest BCUT2D eigenvalue weighted by atomic mass is 16.5. The number of fused-ring (bicyclic) bond motifs is 1. The summed E-state index contributed by atoms with van der Waals surface area (Å²) < 4.78 is 47.6. The summed E-state index contributed by atoms with van der Waals surface area (Å²) in [6, 6.07) is 6.00. The molecule has 0 bridgehead atoms. The number of ether oxygens (including phenoxy) is 8. The van der Waals surface area contributed by atoms with Crippen molar-refractivity contribution in [2.75, 3.05) is 61.5 Å². The molecule has 1 aliphatic rings. The average molecular weight is 589 g/mol.